The standard InChI is InChI=1S/C40H59N5O6S2/c1-6-26(2)32(41)35(48)43-31-20-18-29(25-42-31)34(47)40(23-28-15-11-8-12-16-28,24-30(46)19-17-27-13-9-7-10-14-27)45-36(49)33(37-52-21-22-53-37)44-38(50)51-39(3,4)5/h8,11-12,15-16,18,20,25-27,30,32-33,37,46H,6-7,9-10,13-14,17,19,21-24,41H2,1-5H3,(H,44,50)(H,45,49)(H,42,43,48)/t26-,30-,32-,33+,40-/m0/s1. The Morgan fingerprint density at radius 1 is 1.00 bits per heavy atom. The van der Waals surface area contributed by atoms with Crippen LogP contribution in [-0.2, 0) is 20.7 Å². The number of hydrogen-bond acceptors (Lipinski definition) is 10. The molecule has 0 radical (unpaired) electrons. The fourth-order valence-electron chi connectivity index (χ4n) is 6.92. The number of carbonyl (C=O) groups excluding carboxylic acids is 4. The third kappa shape index (κ3) is 13.0. The lowest BCUT2D eigenvalue weighted by molar-refractivity contribution is -0.124. The molecule has 11 nitrogen and oxygen atoms in total. The molecule has 4 rings (SSSR count). The maximum Gasteiger partial charge on any atom is 0.408 e. The normalized spacial score (nSPS) is 18.9. The van der Waals surface area contributed by atoms with Gasteiger partial charge in [0.2, 0.25) is 11.8 Å². The number of nitrogens with zero attached hydrogens (tertiary/aromatic N) is 1. The third-order valence-electron chi connectivity index (χ3n) is 10.1. The van der Waals surface area contributed by atoms with Crippen molar-refractivity contribution >= 4 is 53.0 Å². The largest absolute Gasteiger partial charge is 0.444 e. The van der Waals surface area contributed by atoms with Crippen molar-refractivity contribution in [1.82, 2.24) is 15.6 Å². The number of aliphatic hydroxyl groups excluding tert-OH is 1. The number of pyridine rings is 1. The molecule has 0 unspecified atom stereocenters. The second kappa shape index (κ2) is 20.0. The number of nitrogens with two attached hydrogens (primary N) is 1. The first-order valence-corrected chi connectivity index (χ1v) is 21.1. The number of benzene rings is 1. The minimum absolute atomic E-state index is 0.0303. The van der Waals surface area contributed by atoms with Gasteiger partial charge in [-0.2, -0.15) is 0 Å². The van der Waals surface area contributed by atoms with Crippen LogP contribution in [0, 0.1) is 11.8 Å². The molecule has 5 atom stereocenters. The molecule has 2 heterocycles. The van der Waals surface area contributed by atoms with E-state index in [1.807, 2.05) is 44.2 Å². The fourth-order valence-corrected chi connectivity index (χ4v) is 9.89. The lowest BCUT2D eigenvalue weighted by Gasteiger charge is -2.37. The molecule has 1 saturated heterocycles. The van der Waals surface area contributed by atoms with Gasteiger partial charge in [-0.1, -0.05) is 82.7 Å². The summed E-state index contributed by atoms with van der Waals surface area (Å²) >= 11 is 3.13. The highest BCUT2D eigenvalue weighted by atomic mass is 32.2. The zero-order chi connectivity index (χ0) is 38.6. The van der Waals surface area contributed by atoms with Crippen LogP contribution < -0.4 is 21.7 Å². The molecule has 6 N–H and O–H groups in total. The molecule has 13 heteroatoms. The van der Waals surface area contributed by atoms with Crippen LogP contribution in [0.3, 0.4) is 0 Å². The molecule has 292 valence electrons. The van der Waals surface area contributed by atoms with E-state index in [0.29, 0.717) is 12.3 Å². The second-order valence-electron chi connectivity index (χ2n) is 15.6. The van der Waals surface area contributed by atoms with Crippen LogP contribution in [0.1, 0.15) is 108 Å². The van der Waals surface area contributed by atoms with E-state index in [-0.39, 0.29) is 40.6 Å². The van der Waals surface area contributed by atoms with Crippen molar-refractivity contribution < 1.29 is 29.0 Å². The van der Waals surface area contributed by atoms with Crippen molar-refractivity contribution in [3.8, 4) is 0 Å². The summed E-state index contributed by atoms with van der Waals surface area (Å²) in [5.74, 6) is 0.998. The number of anilines is 1. The Balaban J connectivity index is 1.70. The number of carbonyl (C=O) groups is 4. The molecular weight excluding hydrogens is 711 g/mol. The van der Waals surface area contributed by atoms with E-state index in [1.54, 1.807) is 56.4 Å². The Kier molecular flexibility index (Phi) is 16.1. The van der Waals surface area contributed by atoms with Gasteiger partial charge < -0.3 is 31.5 Å². The number of Topliss-reactive ketones (excluding diaryl/α,β-unsaturated/α-hetero) is 1. The first kappa shape index (κ1) is 42.6. The van der Waals surface area contributed by atoms with E-state index in [1.165, 1.54) is 25.5 Å². The fraction of sp³-hybridized carbons (Fsp3) is 0.625. The van der Waals surface area contributed by atoms with Crippen LogP contribution >= 0.6 is 23.5 Å². The summed E-state index contributed by atoms with van der Waals surface area (Å²) in [5, 5.41) is 20.4. The number of thioether (sulfide) groups is 2. The van der Waals surface area contributed by atoms with Crippen LogP contribution in [0.2, 0.25) is 0 Å². The van der Waals surface area contributed by atoms with Gasteiger partial charge in [-0.15, -0.1) is 23.5 Å². The highest BCUT2D eigenvalue weighted by Gasteiger charge is 2.45. The molecular formula is C40H59N5O6S2. The minimum atomic E-state index is -1.61. The summed E-state index contributed by atoms with van der Waals surface area (Å²) in [6, 6.07) is 10.8. The number of ether oxygens (including phenoxy) is 1. The number of ketones is 1. The van der Waals surface area contributed by atoms with Crippen LogP contribution in [0.15, 0.2) is 48.7 Å². The molecule has 0 bridgehead atoms. The van der Waals surface area contributed by atoms with E-state index < -0.39 is 47.1 Å². The molecule has 1 aliphatic carbocycles. The lowest BCUT2D eigenvalue weighted by Crippen LogP contribution is -2.63. The minimum Gasteiger partial charge on any atom is -0.444 e. The lowest BCUT2D eigenvalue weighted by atomic mass is 9.77. The van der Waals surface area contributed by atoms with Gasteiger partial charge in [0.15, 0.2) is 5.78 Å². The summed E-state index contributed by atoms with van der Waals surface area (Å²) < 4.78 is 5.24. The average Bonchev–Trinajstić information content (AvgIpc) is 3.67. The number of rotatable bonds is 17. The molecule has 2 fully saturated rings. The quantitative estimate of drug-likeness (QED) is 0.112. The highest BCUT2D eigenvalue weighted by Crippen LogP contribution is 2.36. The van der Waals surface area contributed by atoms with Gasteiger partial charge >= 0.3 is 6.09 Å². The van der Waals surface area contributed by atoms with Crippen molar-refractivity contribution in [3.05, 3.63) is 59.8 Å². The number of alkyl carbamates (subject to hydrolysis) is 1. The zero-order valence-corrected chi connectivity index (χ0v) is 33.5. The molecule has 1 aliphatic heterocycles. The predicted molar refractivity (Wildman–Crippen MR) is 214 cm³/mol. The molecule has 2 aliphatic rings. The molecule has 3 amide bonds. The van der Waals surface area contributed by atoms with Gasteiger partial charge in [-0.25, -0.2) is 9.78 Å². The van der Waals surface area contributed by atoms with Gasteiger partial charge in [-0.05, 0) is 63.1 Å². The van der Waals surface area contributed by atoms with Crippen LogP contribution in [0.25, 0.3) is 0 Å². The molecule has 1 aromatic carbocycles. The van der Waals surface area contributed by atoms with Crippen LogP contribution in [0.4, 0.5) is 10.6 Å². The maximum absolute atomic E-state index is 15.0. The van der Waals surface area contributed by atoms with Crippen molar-refractivity contribution in [2.75, 3.05) is 16.8 Å². The van der Waals surface area contributed by atoms with Crippen molar-refractivity contribution in [1.29, 1.82) is 0 Å². The SMILES string of the molecule is CC[C@H](C)[C@H](N)C(=O)Nc1ccc(C(=O)[C@](Cc2ccccc2)(C[C@@H](O)CCC2CCCCC2)NC(=O)[C@@H](NC(=O)OC(C)(C)C)C2SCCS2)cn1. The number of aromatic nitrogens is 1. The average molecular weight is 770 g/mol. The van der Waals surface area contributed by atoms with Crippen molar-refractivity contribution in [2.45, 2.75) is 133 Å². The molecule has 0 spiro atoms. The predicted octanol–water partition coefficient (Wildman–Crippen LogP) is 6.48. The van der Waals surface area contributed by atoms with Crippen LogP contribution in [-0.4, -0.2) is 79.2 Å². The summed E-state index contributed by atoms with van der Waals surface area (Å²) in [7, 11) is 0. The van der Waals surface area contributed by atoms with Gasteiger partial charge in [0, 0.05) is 36.1 Å². The Morgan fingerprint density at radius 3 is 2.28 bits per heavy atom. The molecule has 1 saturated carbocycles. The van der Waals surface area contributed by atoms with Crippen molar-refractivity contribution in [3.63, 3.8) is 0 Å². The van der Waals surface area contributed by atoms with Gasteiger partial charge in [0.05, 0.1) is 16.7 Å². The number of hydrogen-bond donors (Lipinski definition) is 5. The first-order valence-electron chi connectivity index (χ1n) is 19.0. The Labute approximate surface area is 323 Å². The first-order chi connectivity index (χ1) is 25.2. The van der Waals surface area contributed by atoms with E-state index >= 15 is 0 Å². The second-order valence-corrected chi connectivity index (χ2v) is 18.4. The monoisotopic (exact) mass is 769 g/mol. The summed E-state index contributed by atoms with van der Waals surface area (Å²) in [6.45, 7) is 9.13. The van der Waals surface area contributed by atoms with E-state index in [2.05, 4.69) is 20.9 Å². The molecule has 2 aromatic rings. The summed E-state index contributed by atoms with van der Waals surface area (Å²) in [5.41, 5.74) is 4.72. The highest BCUT2D eigenvalue weighted by molar-refractivity contribution is 8.20. The van der Waals surface area contributed by atoms with E-state index in [9.17, 15) is 24.3 Å². The van der Waals surface area contributed by atoms with E-state index in [0.717, 1.165) is 42.8 Å². The van der Waals surface area contributed by atoms with Crippen LogP contribution in [0.5, 0.6) is 0 Å². The summed E-state index contributed by atoms with van der Waals surface area (Å²) in [4.78, 5) is 59.8. The van der Waals surface area contributed by atoms with Crippen molar-refractivity contribution in [2.24, 2.45) is 17.6 Å². The van der Waals surface area contributed by atoms with E-state index in [4.69, 9.17) is 10.5 Å². The number of nitrogens with one attached hydrogen (secondary N) is 3. The molecule has 1 aromatic heterocycles. The summed E-state index contributed by atoms with van der Waals surface area (Å²) in [6.07, 6.45) is 7.71. The maximum atomic E-state index is 15.0. The molecule has 53 heavy (non-hydrogen) atoms. The Morgan fingerprint density at radius 2 is 1.68 bits per heavy atom. The zero-order valence-electron chi connectivity index (χ0n) is 31.9. The smallest absolute Gasteiger partial charge is 0.408 e. The van der Waals surface area contributed by atoms with Gasteiger partial charge in [0.1, 0.15) is 23.0 Å². The third-order valence-corrected chi connectivity index (χ3v) is 13.2. The Bertz CT molecular complexity index is 1500. The van der Waals surface area contributed by atoms with Gasteiger partial charge in [-0.3, -0.25) is 14.4 Å². The topological polar surface area (TPSA) is 173 Å². The van der Waals surface area contributed by atoms with Gasteiger partial charge in [0.25, 0.3) is 0 Å². The number of aliphatic hydroxyl groups is 1. The Hall–Kier alpha value is -3.13. The number of amides is 3.